The fraction of sp³-hybridized carbons (Fsp3) is 0.130. The van der Waals surface area contributed by atoms with Crippen LogP contribution in [0.3, 0.4) is 0 Å². The van der Waals surface area contributed by atoms with Crippen LogP contribution in [0.15, 0.2) is 96.2 Å². The number of fused-ring (bicyclic) bond motifs is 1. The molecule has 0 atom stereocenters. The van der Waals surface area contributed by atoms with Crippen LogP contribution in [0.4, 0.5) is 0 Å². The van der Waals surface area contributed by atoms with Gasteiger partial charge in [-0.2, -0.15) is 0 Å². The third kappa shape index (κ3) is 3.23. The monoisotopic (exact) mass is 384 g/mol. The molecular formula is C23H20N4S. The van der Waals surface area contributed by atoms with Crippen molar-refractivity contribution in [2.24, 2.45) is 0 Å². The van der Waals surface area contributed by atoms with E-state index in [1.54, 1.807) is 11.8 Å². The van der Waals surface area contributed by atoms with Gasteiger partial charge in [0.25, 0.3) is 0 Å². The smallest absolute Gasteiger partial charge is 0.193 e. The van der Waals surface area contributed by atoms with Gasteiger partial charge in [0.05, 0.1) is 18.6 Å². The molecule has 0 bridgehead atoms. The van der Waals surface area contributed by atoms with E-state index in [-0.39, 0.29) is 6.04 Å². The topological polar surface area (TPSA) is 34.0 Å². The number of aromatic nitrogens is 3. The van der Waals surface area contributed by atoms with E-state index in [0.717, 1.165) is 29.1 Å². The normalized spacial score (nSPS) is 14.2. The number of hydrogen-bond donors (Lipinski definition) is 0. The summed E-state index contributed by atoms with van der Waals surface area (Å²) in [5, 5.41) is 9.88. The Kier molecular flexibility index (Phi) is 4.69. The zero-order valence-corrected chi connectivity index (χ0v) is 16.2. The molecule has 5 heteroatoms. The highest BCUT2D eigenvalue weighted by molar-refractivity contribution is 7.99. The zero-order chi connectivity index (χ0) is 18.8. The minimum Gasteiger partial charge on any atom is -0.288 e. The van der Waals surface area contributed by atoms with E-state index < -0.39 is 0 Å². The molecule has 0 amide bonds. The van der Waals surface area contributed by atoms with E-state index in [1.807, 2.05) is 18.2 Å². The third-order valence-electron chi connectivity index (χ3n) is 5.03. The lowest BCUT2D eigenvalue weighted by atomic mass is 9.98. The Morgan fingerprint density at radius 3 is 1.89 bits per heavy atom. The summed E-state index contributed by atoms with van der Waals surface area (Å²) in [6.45, 7) is 0.758. The van der Waals surface area contributed by atoms with Crippen molar-refractivity contribution < 1.29 is 0 Å². The average molecular weight is 385 g/mol. The van der Waals surface area contributed by atoms with Gasteiger partial charge in [-0.3, -0.25) is 9.47 Å². The summed E-state index contributed by atoms with van der Waals surface area (Å²) >= 11 is 1.75. The molecule has 0 radical (unpaired) electrons. The molecular weight excluding hydrogens is 364 g/mol. The summed E-state index contributed by atoms with van der Waals surface area (Å²) in [7, 11) is 0. The first kappa shape index (κ1) is 17.2. The van der Waals surface area contributed by atoms with E-state index in [9.17, 15) is 0 Å². The molecule has 1 aromatic heterocycles. The Labute approximate surface area is 168 Å². The SMILES string of the molecule is c1ccc(-c2nnc3n2CN(C(c2ccccc2)c2ccccc2)CS3)cc1. The highest BCUT2D eigenvalue weighted by Gasteiger charge is 2.29. The second-order valence-corrected chi connectivity index (χ2v) is 7.74. The van der Waals surface area contributed by atoms with Crippen LogP contribution in [0, 0.1) is 0 Å². The van der Waals surface area contributed by atoms with Crippen molar-refractivity contribution in [2.75, 3.05) is 5.88 Å². The quantitative estimate of drug-likeness (QED) is 0.493. The molecule has 0 saturated carbocycles. The lowest BCUT2D eigenvalue weighted by Gasteiger charge is -2.35. The third-order valence-corrected chi connectivity index (χ3v) is 6.05. The van der Waals surface area contributed by atoms with Crippen LogP contribution >= 0.6 is 11.8 Å². The van der Waals surface area contributed by atoms with Gasteiger partial charge in [-0.1, -0.05) is 103 Å². The molecule has 0 saturated heterocycles. The molecule has 138 valence electrons. The summed E-state index contributed by atoms with van der Waals surface area (Å²) in [4.78, 5) is 2.48. The maximum atomic E-state index is 4.47. The molecule has 2 heterocycles. The molecule has 0 spiro atoms. The summed E-state index contributed by atoms with van der Waals surface area (Å²) in [6.07, 6.45) is 0. The first-order valence-electron chi connectivity index (χ1n) is 9.35. The number of benzene rings is 3. The Bertz CT molecular complexity index is 1010. The molecule has 1 aliphatic rings. The highest BCUT2D eigenvalue weighted by Crippen LogP contribution is 2.36. The van der Waals surface area contributed by atoms with Gasteiger partial charge in [-0.05, 0) is 11.1 Å². The van der Waals surface area contributed by atoms with E-state index in [4.69, 9.17) is 0 Å². The standard InChI is InChI=1S/C23H20N4S/c1-4-10-18(11-5-1)21(19-12-6-2-7-13-19)26-16-27-22(20-14-8-3-9-15-20)24-25-23(27)28-17-26/h1-15,21H,16-17H2. The van der Waals surface area contributed by atoms with Gasteiger partial charge in [0, 0.05) is 5.56 Å². The van der Waals surface area contributed by atoms with Crippen LogP contribution in [0.5, 0.6) is 0 Å². The molecule has 4 nitrogen and oxygen atoms in total. The van der Waals surface area contributed by atoms with Gasteiger partial charge in [-0.15, -0.1) is 10.2 Å². The van der Waals surface area contributed by atoms with E-state index in [0.29, 0.717) is 0 Å². The van der Waals surface area contributed by atoms with Crippen molar-refractivity contribution in [3.8, 4) is 11.4 Å². The Morgan fingerprint density at radius 1 is 0.714 bits per heavy atom. The largest absolute Gasteiger partial charge is 0.288 e. The fourth-order valence-electron chi connectivity index (χ4n) is 3.73. The molecule has 0 fully saturated rings. The summed E-state index contributed by atoms with van der Waals surface area (Å²) in [5.74, 6) is 1.80. The van der Waals surface area contributed by atoms with Gasteiger partial charge in [-0.25, -0.2) is 0 Å². The predicted octanol–water partition coefficient (Wildman–Crippen LogP) is 5.06. The Balaban J connectivity index is 1.54. The summed E-state index contributed by atoms with van der Waals surface area (Å²) < 4.78 is 2.22. The van der Waals surface area contributed by atoms with Crippen molar-refractivity contribution in [3.05, 3.63) is 102 Å². The summed E-state index contributed by atoms with van der Waals surface area (Å²) in [5.41, 5.74) is 3.69. The molecule has 3 aromatic carbocycles. The molecule has 1 aliphatic heterocycles. The maximum absolute atomic E-state index is 4.47. The zero-order valence-electron chi connectivity index (χ0n) is 15.3. The van der Waals surface area contributed by atoms with Gasteiger partial charge in [0.1, 0.15) is 0 Å². The van der Waals surface area contributed by atoms with Crippen molar-refractivity contribution in [2.45, 2.75) is 17.9 Å². The summed E-state index contributed by atoms with van der Waals surface area (Å²) in [6, 6.07) is 31.9. The minimum absolute atomic E-state index is 0.189. The van der Waals surface area contributed by atoms with Crippen LogP contribution in [0.25, 0.3) is 11.4 Å². The van der Waals surface area contributed by atoms with E-state index in [1.165, 1.54) is 11.1 Å². The van der Waals surface area contributed by atoms with Crippen molar-refractivity contribution >= 4 is 11.8 Å². The second kappa shape index (κ2) is 7.62. The van der Waals surface area contributed by atoms with Crippen molar-refractivity contribution in [1.82, 2.24) is 19.7 Å². The van der Waals surface area contributed by atoms with Gasteiger partial charge >= 0.3 is 0 Å². The number of thioether (sulfide) groups is 1. The Hall–Kier alpha value is -2.89. The van der Waals surface area contributed by atoms with Crippen molar-refractivity contribution in [1.29, 1.82) is 0 Å². The van der Waals surface area contributed by atoms with Gasteiger partial charge in [0.2, 0.25) is 0 Å². The highest BCUT2D eigenvalue weighted by atomic mass is 32.2. The number of nitrogens with zero attached hydrogens (tertiary/aromatic N) is 4. The first-order valence-corrected chi connectivity index (χ1v) is 10.3. The van der Waals surface area contributed by atoms with Crippen LogP contribution < -0.4 is 0 Å². The van der Waals surface area contributed by atoms with Crippen LogP contribution in [-0.4, -0.2) is 25.5 Å². The Morgan fingerprint density at radius 2 is 1.29 bits per heavy atom. The van der Waals surface area contributed by atoms with Crippen LogP contribution in [0.2, 0.25) is 0 Å². The molecule has 4 aromatic rings. The lowest BCUT2D eigenvalue weighted by molar-refractivity contribution is 0.195. The predicted molar refractivity (Wildman–Crippen MR) is 113 cm³/mol. The first-order chi connectivity index (χ1) is 13.9. The van der Waals surface area contributed by atoms with Gasteiger partial charge in [0.15, 0.2) is 11.0 Å². The minimum atomic E-state index is 0.189. The van der Waals surface area contributed by atoms with E-state index >= 15 is 0 Å². The van der Waals surface area contributed by atoms with Crippen molar-refractivity contribution in [3.63, 3.8) is 0 Å². The molecule has 0 unspecified atom stereocenters. The lowest BCUT2D eigenvalue weighted by Crippen LogP contribution is -2.34. The molecule has 0 N–H and O–H groups in total. The number of rotatable bonds is 4. The molecule has 0 aliphatic carbocycles. The maximum Gasteiger partial charge on any atom is 0.193 e. The average Bonchev–Trinajstić information content (AvgIpc) is 3.20. The molecule has 28 heavy (non-hydrogen) atoms. The number of hydrogen-bond acceptors (Lipinski definition) is 4. The molecule has 5 rings (SSSR count). The van der Waals surface area contributed by atoms with Crippen LogP contribution in [0.1, 0.15) is 17.2 Å². The fourth-order valence-corrected chi connectivity index (χ4v) is 4.64. The van der Waals surface area contributed by atoms with E-state index in [2.05, 4.69) is 92.5 Å². The van der Waals surface area contributed by atoms with Crippen LogP contribution in [-0.2, 0) is 6.67 Å². The second-order valence-electron chi connectivity index (χ2n) is 6.83. The van der Waals surface area contributed by atoms with Gasteiger partial charge < -0.3 is 0 Å².